The molecular formula is C12H18N2O2. The van der Waals surface area contributed by atoms with E-state index in [9.17, 15) is 4.79 Å². The van der Waals surface area contributed by atoms with Crippen LogP contribution in [0.5, 0.6) is 0 Å². The Bertz CT molecular complexity index is 333. The van der Waals surface area contributed by atoms with Crippen LogP contribution >= 0.6 is 0 Å². The van der Waals surface area contributed by atoms with Crippen LogP contribution in [-0.4, -0.2) is 24.7 Å². The Morgan fingerprint density at radius 2 is 2.25 bits per heavy atom. The molecule has 88 valence electrons. The summed E-state index contributed by atoms with van der Waals surface area (Å²) in [5, 5.41) is 12.1. The average molecular weight is 222 g/mol. The van der Waals surface area contributed by atoms with Crippen molar-refractivity contribution in [3.05, 3.63) is 0 Å². The summed E-state index contributed by atoms with van der Waals surface area (Å²) in [5.41, 5.74) is -1.05. The van der Waals surface area contributed by atoms with Gasteiger partial charge < -0.3 is 10.1 Å². The number of nitriles is 1. The van der Waals surface area contributed by atoms with Crippen LogP contribution < -0.4 is 5.32 Å². The third-order valence-corrected chi connectivity index (χ3v) is 3.68. The normalized spacial score (nSPS) is 42.2. The number of rotatable bonds is 2. The van der Waals surface area contributed by atoms with Gasteiger partial charge in [0.25, 0.3) is 0 Å². The molecule has 1 aliphatic carbocycles. The predicted molar refractivity (Wildman–Crippen MR) is 58.4 cm³/mol. The van der Waals surface area contributed by atoms with E-state index >= 15 is 0 Å². The standard InChI is InChI=1S/C12H18N2O2/c1-9-5-12(6-9,7-13)10(15)14-11(2)3-4-16-8-11/h9H,3-6,8H2,1-2H3,(H,14,15). The van der Waals surface area contributed by atoms with E-state index in [2.05, 4.69) is 18.3 Å². The van der Waals surface area contributed by atoms with Gasteiger partial charge >= 0.3 is 0 Å². The summed E-state index contributed by atoms with van der Waals surface area (Å²) in [6.07, 6.45) is 2.20. The molecule has 1 N–H and O–H groups in total. The van der Waals surface area contributed by atoms with E-state index < -0.39 is 5.41 Å². The number of carbonyl (C=O) groups excluding carboxylic acids is 1. The second kappa shape index (κ2) is 3.74. The number of ether oxygens (including phenoxy) is 1. The van der Waals surface area contributed by atoms with E-state index in [-0.39, 0.29) is 11.4 Å². The Hall–Kier alpha value is -1.08. The third kappa shape index (κ3) is 1.80. The van der Waals surface area contributed by atoms with Crippen molar-refractivity contribution in [2.75, 3.05) is 13.2 Å². The quantitative estimate of drug-likeness (QED) is 0.764. The number of nitrogens with zero attached hydrogens (tertiary/aromatic N) is 1. The van der Waals surface area contributed by atoms with Crippen LogP contribution in [0.1, 0.15) is 33.1 Å². The van der Waals surface area contributed by atoms with Crippen molar-refractivity contribution in [1.82, 2.24) is 5.32 Å². The lowest BCUT2D eigenvalue weighted by Crippen LogP contribution is -2.55. The van der Waals surface area contributed by atoms with Crippen LogP contribution in [-0.2, 0) is 9.53 Å². The maximum absolute atomic E-state index is 12.1. The lowest BCUT2D eigenvalue weighted by atomic mass is 9.63. The summed E-state index contributed by atoms with van der Waals surface area (Å²) in [7, 11) is 0. The topological polar surface area (TPSA) is 62.1 Å². The highest BCUT2D eigenvalue weighted by Gasteiger charge is 2.50. The van der Waals surface area contributed by atoms with Crippen LogP contribution in [0.4, 0.5) is 0 Å². The predicted octanol–water partition coefficient (Wildman–Crippen LogP) is 1.22. The molecule has 2 aliphatic rings. The first-order chi connectivity index (χ1) is 7.50. The fourth-order valence-corrected chi connectivity index (χ4v) is 2.62. The fraction of sp³-hybridized carbons (Fsp3) is 0.833. The highest BCUT2D eigenvalue weighted by atomic mass is 16.5. The first-order valence-corrected chi connectivity index (χ1v) is 5.81. The van der Waals surface area contributed by atoms with Gasteiger partial charge in [0.1, 0.15) is 5.41 Å². The van der Waals surface area contributed by atoms with Crippen molar-refractivity contribution in [3.63, 3.8) is 0 Å². The number of hydrogen-bond donors (Lipinski definition) is 1. The molecule has 1 saturated carbocycles. The van der Waals surface area contributed by atoms with E-state index in [1.807, 2.05) is 6.92 Å². The summed E-state index contributed by atoms with van der Waals surface area (Å²) >= 11 is 0. The minimum absolute atomic E-state index is 0.110. The second-order valence-corrected chi connectivity index (χ2v) is 5.52. The van der Waals surface area contributed by atoms with Gasteiger partial charge in [-0.05, 0) is 32.1 Å². The molecule has 1 amide bonds. The van der Waals surface area contributed by atoms with E-state index in [1.165, 1.54) is 0 Å². The van der Waals surface area contributed by atoms with Gasteiger partial charge in [-0.2, -0.15) is 5.26 Å². The van der Waals surface area contributed by atoms with Crippen LogP contribution in [0.15, 0.2) is 0 Å². The molecule has 4 nitrogen and oxygen atoms in total. The van der Waals surface area contributed by atoms with Gasteiger partial charge in [-0.15, -0.1) is 0 Å². The molecule has 2 rings (SSSR count). The highest BCUT2D eigenvalue weighted by Crippen LogP contribution is 2.45. The van der Waals surface area contributed by atoms with E-state index in [0.717, 1.165) is 6.42 Å². The molecule has 0 radical (unpaired) electrons. The number of hydrogen-bond acceptors (Lipinski definition) is 3. The van der Waals surface area contributed by atoms with Gasteiger partial charge in [-0.3, -0.25) is 4.79 Å². The molecule has 0 aromatic rings. The van der Waals surface area contributed by atoms with Gasteiger partial charge in [0, 0.05) is 6.61 Å². The monoisotopic (exact) mass is 222 g/mol. The Balaban J connectivity index is 2.00. The van der Waals surface area contributed by atoms with Crippen LogP contribution in [0.2, 0.25) is 0 Å². The minimum Gasteiger partial charge on any atom is -0.379 e. The molecule has 1 aliphatic heterocycles. The van der Waals surface area contributed by atoms with E-state index in [0.29, 0.717) is 32.0 Å². The summed E-state index contributed by atoms with van der Waals surface area (Å²) < 4.78 is 5.28. The molecule has 2 fully saturated rings. The summed E-state index contributed by atoms with van der Waals surface area (Å²) in [6, 6.07) is 2.18. The zero-order valence-electron chi connectivity index (χ0n) is 9.88. The highest BCUT2D eigenvalue weighted by molar-refractivity contribution is 5.87. The van der Waals surface area contributed by atoms with Crippen molar-refractivity contribution < 1.29 is 9.53 Å². The molecule has 0 aromatic carbocycles. The summed E-state index contributed by atoms with van der Waals surface area (Å²) in [6.45, 7) is 5.29. The van der Waals surface area contributed by atoms with Gasteiger partial charge in [-0.1, -0.05) is 6.92 Å². The summed E-state index contributed by atoms with van der Waals surface area (Å²) in [5.74, 6) is 0.374. The first kappa shape index (κ1) is 11.4. The van der Waals surface area contributed by atoms with Gasteiger partial charge in [0.15, 0.2) is 0 Å². The lowest BCUT2D eigenvalue weighted by molar-refractivity contribution is -0.135. The molecule has 1 unspecified atom stereocenters. The molecule has 0 bridgehead atoms. The van der Waals surface area contributed by atoms with Crippen molar-refractivity contribution in [2.24, 2.45) is 11.3 Å². The maximum Gasteiger partial charge on any atom is 0.240 e. The zero-order valence-corrected chi connectivity index (χ0v) is 9.88. The smallest absolute Gasteiger partial charge is 0.240 e. The maximum atomic E-state index is 12.1. The second-order valence-electron chi connectivity index (χ2n) is 5.52. The van der Waals surface area contributed by atoms with Crippen molar-refractivity contribution in [3.8, 4) is 6.07 Å². The van der Waals surface area contributed by atoms with Gasteiger partial charge in [0.05, 0.1) is 18.2 Å². The molecule has 0 spiro atoms. The SMILES string of the molecule is CC1CC(C#N)(C(=O)NC2(C)CCOC2)C1. The Morgan fingerprint density at radius 1 is 1.56 bits per heavy atom. The Kier molecular flexibility index (Phi) is 2.67. The van der Waals surface area contributed by atoms with Crippen molar-refractivity contribution >= 4 is 5.91 Å². The Morgan fingerprint density at radius 3 is 2.69 bits per heavy atom. The van der Waals surface area contributed by atoms with E-state index in [4.69, 9.17) is 10.00 Å². The largest absolute Gasteiger partial charge is 0.379 e. The van der Waals surface area contributed by atoms with Crippen LogP contribution in [0.25, 0.3) is 0 Å². The number of amides is 1. The minimum atomic E-state index is -0.773. The van der Waals surface area contributed by atoms with Gasteiger partial charge in [-0.25, -0.2) is 0 Å². The van der Waals surface area contributed by atoms with Gasteiger partial charge in [0.2, 0.25) is 5.91 Å². The third-order valence-electron chi connectivity index (χ3n) is 3.68. The average Bonchev–Trinajstić information content (AvgIpc) is 2.59. The van der Waals surface area contributed by atoms with Crippen molar-refractivity contribution in [1.29, 1.82) is 5.26 Å². The zero-order chi connectivity index (χ0) is 11.8. The fourth-order valence-electron chi connectivity index (χ4n) is 2.62. The molecular weight excluding hydrogens is 204 g/mol. The Labute approximate surface area is 96.0 Å². The summed E-state index contributed by atoms with van der Waals surface area (Å²) in [4.78, 5) is 12.1. The number of carbonyl (C=O) groups is 1. The first-order valence-electron chi connectivity index (χ1n) is 5.81. The molecule has 4 heteroatoms. The molecule has 1 saturated heterocycles. The van der Waals surface area contributed by atoms with Crippen LogP contribution in [0, 0.1) is 22.7 Å². The van der Waals surface area contributed by atoms with E-state index in [1.54, 1.807) is 0 Å². The molecule has 16 heavy (non-hydrogen) atoms. The van der Waals surface area contributed by atoms with Crippen molar-refractivity contribution in [2.45, 2.75) is 38.6 Å². The lowest BCUT2D eigenvalue weighted by Gasteiger charge is -2.41. The molecule has 0 aromatic heterocycles. The molecule has 1 atom stereocenters. The number of nitrogens with one attached hydrogen (secondary N) is 1. The van der Waals surface area contributed by atoms with Crippen LogP contribution in [0.3, 0.4) is 0 Å². The molecule has 1 heterocycles.